The summed E-state index contributed by atoms with van der Waals surface area (Å²) in [5.41, 5.74) is 6.08. The molecule has 0 fully saturated rings. The molecule has 1 aromatic heterocycles. The number of Topliss-reactive ketones (excluding diaryl/α,β-unsaturated/α-hetero) is 1. The van der Waals surface area contributed by atoms with Gasteiger partial charge in [-0.2, -0.15) is 0 Å². The fourth-order valence-electron chi connectivity index (χ4n) is 6.12. The standard InChI is InChI=1S/C31H23IN2O5/c1-37-31(36)27-20(16-8-11-24-25(13-16)39-15-38-24)14-23-28(30(27)35)26(17-5-2-3-7-21(17)32)19-9-10-22-18(29(19)34-23)6-4-12-33-22/h2-13,20,26-27,34H,14-15H2,1H3. The Morgan fingerprint density at radius 1 is 1.03 bits per heavy atom. The molecule has 0 amide bonds. The van der Waals surface area contributed by atoms with Gasteiger partial charge in [-0.1, -0.05) is 30.3 Å². The molecule has 7 rings (SSSR count). The average Bonchev–Trinajstić information content (AvgIpc) is 3.44. The van der Waals surface area contributed by atoms with Crippen LogP contribution in [-0.2, 0) is 14.3 Å². The summed E-state index contributed by atoms with van der Waals surface area (Å²) in [7, 11) is 1.33. The number of benzene rings is 3. The third kappa shape index (κ3) is 3.80. The third-order valence-corrected chi connectivity index (χ3v) is 8.87. The van der Waals surface area contributed by atoms with E-state index in [1.807, 2.05) is 60.7 Å². The van der Waals surface area contributed by atoms with E-state index in [1.54, 1.807) is 6.20 Å². The average molecular weight is 630 g/mol. The van der Waals surface area contributed by atoms with Gasteiger partial charge < -0.3 is 19.5 Å². The number of nitrogens with zero attached hydrogens (tertiary/aromatic N) is 1. The summed E-state index contributed by atoms with van der Waals surface area (Å²) in [6, 6.07) is 21.7. The minimum Gasteiger partial charge on any atom is -0.468 e. The van der Waals surface area contributed by atoms with Gasteiger partial charge in [-0.3, -0.25) is 14.6 Å². The molecule has 3 unspecified atom stereocenters. The number of ketones is 1. The molecule has 1 aliphatic carbocycles. The molecule has 3 heterocycles. The number of hydrogen-bond donors (Lipinski definition) is 1. The van der Waals surface area contributed by atoms with E-state index >= 15 is 0 Å². The van der Waals surface area contributed by atoms with E-state index in [0.29, 0.717) is 23.5 Å². The largest absolute Gasteiger partial charge is 0.468 e. The molecule has 3 aromatic carbocycles. The zero-order chi connectivity index (χ0) is 26.7. The smallest absolute Gasteiger partial charge is 0.317 e. The quantitative estimate of drug-likeness (QED) is 0.171. The van der Waals surface area contributed by atoms with Crippen LogP contribution in [0, 0.1) is 9.49 Å². The molecule has 3 atom stereocenters. The molecule has 3 aliphatic rings. The lowest BCUT2D eigenvalue weighted by Gasteiger charge is -2.40. The van der Waals surface area contributed by atoms with Crippen LogP contribution in [0.15, 0.2) is 84.2 Å². The fraction of sp³-hybridized carbons (Fsp3) is 0.194. The molecule has 0 bridgehead atoms. The molecule has 0 saturated carbocycles. The highest BCUT2D eigenvalue weighted by Gasteiger charge is 2.48. The predicted molar refractivity (Wildman–Crippen MR) is 154 cm³/mol. The molecule has 1 N–H and O–H groups in total. The molecule has 2 aliphatic heterocycles. The van der Waals surface area contributed by atoms with Gasteiger partial charge in [0, 0.05) is 38.3 Å². The van der Waals surface area contributed by atoms with Crippen LogP contribution < -0.4 is 14.8 Å². The second kappa shape index (κ2) is 9.37. The van der Waals surface area contributed by atoms with Crippen molar-refractivity contribution >= 4 is 50.9 Å². The summed E-state index contributed by atoms with van der Waals surface area (Å²) in [5, 5.41) is 4.62. The highest BCUT2D eigenvalue weighted by Crippen LogP contribution is 2.52. The Kier molecular flexibility index (Phi) is 5.80. The maximum absolute atomic E-state index is 14.5. The number of pyridine rings is 1. The van der Waals surface area contributed by atoms with Crippen molar-refractivity contribution in [3.8, 4) is 11.5 Å². The number of ether oxygens (including phenoxy) is 3. The Morgan fingerprint density at radius 2 is 1.87 bits per heavy atom. The number of aromatic nitrogens is 1. The van der Waals surface area contributed by atoms with Gasteiger partial charge in [-0.05, 0) is 82.1 Å². The van der Waals surface area contributed by atoms with Crippen molar-refractivity contribution in [1.82, 2.24) is 4.98 Å². The number of halogens is 1. The van der Waals surface area contributed by atoms with Crippen molar-refractivity contribution in [1.29, 1.82) is 0 Å². The molecular weight excluding hydrogens is 607 g/mol. The Labute approximate surface area is 238 Å². The molecule has 0 spiro atoms. The van der Waals surface area contributed by atoms with Crippen LogP contribution in [0.1, 0.15) is 34.9 Å². The van der Waals surface area contributed by atoms with Gasteiger partial charge in [0.1, 0.15) is 5.92 Å². The van der Waals surface area contributed by atoms with Crippen molar-refractivity contribution < 1.29 is 23.8 Å². The monoisotopic (exact) mass is 630 g/mol. The van der Waals surface area contributed by atoms with Crippen LogP contribution in [0.4, 0.5) is 5.69 Å². The summed E-state index contributed by atoms with van der Waals surface area (Å²) in [5.74, 6) is -1.26. The Hall–Kier alpha value is -3.92. The van der Waals surface area contributed by atoms with Crippen LogP contribution in [0.25, 0.3) is 10.9 Å². The molecule has 39 heavy (non-hydrogen) atoms. The maximum atomic E-state index is 14.5. The zero-order valence-corrected chi connectivity index (χ0v) is 23.1. The van der Waals surface area contributed by atoms with Crippen LogP contribution in [0.3, 0.4) is 0 Å². The van der Waals surface area contributed by atoms with Gasteiger partial charge in [-0.25, -0.2) is 0 Å². The van der Waals surface area contributed by atoms with Crippen molar-refractivity contribution in [3.63, 3.8) is 0 Å². The normalized spacial score (nSPS) is 21.3. The summed E-state index contributed by atoms with van der Waals surface area (Å²) < 4.78 is 17.4. The summed E-state index contributed by atoms with van der Waals surface area (Å²) in [6.45, 7) is 0.148. The van der Waals surface area contributed by atoms with Crippen molar-refractivity contribution in [3.05, 3.63) is 104 Å². The molecule has 0 saturated heterocycles. The number of allylic oxidation sites excluding steroid dienone is 2. The van der Waals surface area contributed by atoms with Gasteiger partial charge in [0.15, 0.2) is 17.3 Å². The molecular formula is C31H23IN2O5. The van der Waals surface area contributed by atoms with Gasteiger partial charge >= 0.3 is 5.97 Å². The Balaban J connectivity index is 1.45. The second-order valence-electron chi connectivity index (χ2n) is 9.86. The minimum atomic E-state index is -0.983. The first kappa shape index (κ1) is 24.1. The lowest BCUT2D eigenvalue weighted by atomic mass is 9.67. The summed E-state index contributed by atoms with van der Waals surface area (Å²) in [6.07, 6.45) is 2.23. The zero-order valence-electron chi connectivity index (χ0n) is 20.9. The van der Waals surface area contributed by atoms with Crippen molar-refractivity contribution in [2.45, 2.75) is 18.3 Å². The Bertz CT molecular complexity index is 1710. The topological polar surface area (TPSA) is 86.8 Å². The first-order valence-corrected chi connectivity index (χ1v) is 13.8. The highest BCUT2D eigenvalue weighted by molar-refractivity contribution is 14.1. The third-order valence-electron chi connectivity index (χ3n) is 7.89. The number of carbonyl (C=O) groups is 2. The fourth-order valence-corrected chi connectivity index (χ4v) is 6.82. The van der Waals surface area contributed by atoms with E-state index in [-0.39, 0.29) is 18.5 Å². The number of rotatable bonds is 3. The SMILES string of the molecule is COC(=O)C1C(=O)C2=C(CC1c1ccc3c(c1)OCO3)Nc1c(ccc3ncccc13)C2c1ccccc1I. The number of esters is 1. The highest BCUT2D eigenvalue weighted by atomic mass is 127. The van der Waals surface area contributed by atoms with E-state index in [2.05, 4.69) is 39.0 Å². The Morgan fingerprint density at radius 3 is 2.72 bits per heavy atom. The van der Waals surface area contributed by atoms with Crippen LogP contribution in [0.2, 0.25) is 0 Å². The number of anilines is 1. The number of fused-ring (bicyclic) bond motifs is 4. The number of nitrogens with one attached hydrogen (secondary N) is 1. The number of hydrogen-bond acceptors (Lipinski definition) is 7. The molecule has 4 aromatic rings. The van der Waals surface area contributed by atoms with E-state index in [1.165, 1.54) is 7.11 Å². The van der Waals surface area contributed by atoms with E-state index < -0.39 is 17.8 Å². The van der Waals surface area contributed by atoms with E-state index in [0.717, 1.165) is 42.5 Å². The minimum absolute atomic E-state index is 0.148. The molecule has 7 nitrogen and oxygen atoms in total. The van der Waals surface area contributed by atoms with Crippen LogP contribution in [0.5, 0.6) is 11.5 Å². The van der Waals surface area contributed by atoms with E-state index in [9.17, 15) is 9.59 Å². The summed E-state index contributed by atoms with van der Waals surface area (Å²) >= 11 is 2.32. The van der Waals surface area contributed by atoms with Crippen molar-refractivity contribution in [2.24, 2.45) is 5.92 Å². The second-order valence-corrected chi connectivity index (χ2v) is 11.0. The van der Waals surface area contributed by atoms with Gasteiger partial charge in [-0.15, -0.1) is 0 Å². The molecule has 194 valence electrons. The van der Waals surface area contributed by atoms with Crippen LogP contribution in [-0.4, -0.2) is 30.6 Å². The molecule has 0 radical (unpaired) electrons. The van der Waals surface area contributed by atoms with E-state index in [4.69, 9.17) is 14.2 Å². The molecule has 8 heteroatoms. The lowest BCUT2D eigenvalue weighted by Crippen LogP contribution is -2.40. The summed E-state index contributed by atoms with van der Waals surface area (Å²) in [4.78, 5) is 32.3. The number of carbonyl (C=O) groups excluding carboxylic acids is 2. The van der Waals surface area contributed by atoms with Gasteiger partial charge in [0.05, 0.1) is 18.3 Å². The van der Waals surface area contributed by atoms with Crippen molar-refractivity contribution in [2.75, 3.05) is 19.2 Å². The predicted octanol–water partition coefficient (Wildman–Crippen LogP) is 5.93. The maximum Gasteiger partial charge on any atom is 0.317 e. The first-order chi connectivity index (χ1) is 19.0. The lowest BCUT2D eigenvalue weighted by molar-refractivity contribution is -0.149. The number of methoxy groups -OCH3 is 1. The van der Waals surface area contributed by atoms with Crippen LogP contribution >= 0.6 is 22.6 Å². The van der Waals surface area contributed by atoms with Gasteiger partial charge in [0.2, 0.25) is 6.79 Å². The first-order valence-electron chi connectivity index (χ1n) is 12.7. The van der Waals surface area contributed by atoms with Gasteiger partial charge in [0.25, 0.3) is 0 Å².